The lowest BCUT2D eigenvalue weighted by atomic mass is 10.1. The Morgan fingerprint density at radius 3 is 2.50 bits per heavy atom. The largest absolute Gasteiger partial charge is 0.506 e. The van der Waals surface area contributed by atoms with Crippen LogP contribution >= 0.6 is 27.7 Å². The van der Waals surface area contributed by atoms with Gasteiger partial charge in [0.15, 0.2) is 0 Å². The highest BCUT2D eigenvalue weighted by atomic mass is 79.9. The Kier molecular flexibility index (Phi) is 7.93. The van der Waals surface area contributed by atoms with Crippen LogP contribution in [-0.4, -0.2) is 35.2 Å². The molecule has 32 heavy (non-hydrogen) atoms. The molecule has 1 amide bonds. The van der Waals surface area contributed by atoms with Crippen LogP contribution in [0.2, 0.25) is 0 Å². The Morgan fingerprint density at radius 1 is 1.12 bits per heavy atom. The van der Waals surface area contributed by atoms with Crippen molar-refractivity contribution in [2.24, 2.45) is 4.99 Å². The Balaban J connectivity index is 2.05. The van der Waals surface area contributed by atoms with Crippen molar-refractivity contribution < 1.29 is 24.2 Å². The number of aliphatic hydroxyl groups is 1. The minimum atomic E-state index is -0.740. The van der Waals surface area contributed by atoms with E-state index >= 15 is 0 Å². The minimum Gasteiger partial charge on any atom is -0.506 e. The van der Waals surface area contributed by atoms with Crippen molar-refractivity contribution in [2.45, 2.75) is 20.8 Å². The SMILES string of the molecule is CCOC(=O)C1=C(O)/C(=C/c2cc(Br)ccc2OCC)SC1=NC(=O)c1ccc(C)cc1. The first-order valence-corrected chi connectivity index (χ1v) is 11.6. The first-order chi connectivity index (χ1) is 15.3. The van der Waals surface area contributed by atoms with Gasteiger partial charge in [-0.1, -0.05) is 45.4 Å². The highest BCUT2D eigenvalue weighted by molar-refractivity contribution is 9.10. The van der Waals surface area contributed by atoms with E-state index in [4.69, 9.17) is 9.47 Å². The molecule has 2 aromatic rings. The van der Waals surface area contributed by atoms with Gasteiger partial charge in [0.2, 0.25) is 0 Å². The molecule has 0 atom stereocenters. The lowest BCUT2D eigenvalue weighted by Crippen LogP contribution is -2.14. The van der Waals surface area contributed by atoms with E-state index < -0.39 is 11.9 Å². The van der Waals surface area contributed by atoms with Crippen molar-refractivity contribution in [3.05, 3.63) is 79.9 Å². The maximum Gasteiger partial charge on any atom is 0.344 e. The van der Waals surface area contributed by atoms with Gasteiger partial charge in [-0.2, -0.15) is 0 Å². The van der Waals surface area contributed by atoms with Gasteiger partial charge in [-0.25, -0.2) is 9.79 Å². The number of esters is 1. The van der Waals surface area contributed by atoms with Crippen molar-refractivity contribution in [1.82, 2.24) is 0 Å². The molecule has 6 nitrogen and oxygen atoms in total. The lowest BCUT2D eigenvalue weighted by molar-refractivity contribution is -0.138. The molecule has 0 unspecified atom stereocenters. The predicted octanol–water partition coefficient (Wildman–Crippen LogP) is 5.86. The number of aliphatic hydroxyl groups excluding tert-OH is 1. The molecule has 0 saturated heterocycles. The second kappa shape index (κ2) is 10.7. The van der Waals surface area contributed by atoms with E-state index in [1.807, 2.05) is 44.2 Å². The van der Waals surface area contributed by atoms with Gasteiger partial charge in [-0.05, 0) is 57.2 Å². The fourth-order valence-corrected chi connectivity index (χ4v) is 4.29. The molecule has 8 heteroatoms. The quantitative estimate of drug-likeness (QED) is 0.485. The number of hydrogen-bond acceptors (Lipinski definition) is 6. The lowest BCUT2D eigenvalue weighted by Gasteiger charge is -2.08. The molecule has 0 fully saturated rings. The predicted molar refractivity (Wildman–Crippen MR) is 130 cm³/mol. The molecular weight excluding hydrogens is 494 g/mol. The average Bonchev–Trinajstić information content (AvgIpc) is 3.05. The van der Waals surface area contributed by atoms with E-state index in [0.717, 1.165) is 21.8 Å². The van der Waals surface area contributed by atoms with Gasteiger partial charge in [0, 0.05) is 15.6 Å². The fourth-order valence-electron chi connectivity index (χ4n) is 2.91. The van der Waals surface area contributed by atoms with Crippen molar-refractivity contribution in [3.63, 3.8) is 0 Å². The Labute approximate surface area is 199 Å². The molecule has 1 aliphatic heterocycles. The van der Waals surface area contributed by atoms with Crippen molar-refractivity contribution in [3.8, 4) is 5.75 Å². The van der Waals surface area contributed by atoms with Crippen LogP contribution < -0.4 is 4.74 Å². The third-order valence-corrected chi connectivity index (χ3v) is 5.94. The summed E-state index contributed by atoms with van der Waals surface area (Å²) in [5.41, 5.74) is 1.97. The molecule has 0 aliphatic carbocycles. The highest BCUT2D eigenvalue weighted by Crippen LogP contribution is 2.40. The van der Waals surface area contributed by atoms with E-state index in [1.165, 1.54) is 0 Å². The summed E-state index contributed by atoms with van der Waals surface area (Å²) in [5.74, 6) is -0.918. The van der Waals surface area contributed by atoms with Gasteiger partial charge in [-0.3, -0.25) is 4.79 Å². The summed E-state index contributed by atoms with van der Waals surface area (Å²) in [7, 11) is 0. The van der Waals surface area contributed by atoms with Crippen LogP contribution in [0.1, 0.15) is 35.3 Å². The number of amides is 1. The number of rotatable bonds is 6. The number of halogens is 1. The van der Waals surface area contributed by atoms with Gasteiger partial charge in [0.25, 0.3) is 5.91 Å². The molecule has 0 spiro atoms. The summed E-state index contributed by atoms with van der Waals surface area (Å²) < 4.78 is 11.6. The maximum atomic E-state index is 12.7. The smallest absolute Gasteiger partial charge is 0.344 e. The number of benzene rings is 2. The van der Waals surface area contributed by atoms with Crippen molar-refractivity contribution >= 4 is 50.7 Å². The molecule has 1 N–H and O–H groups in total. The van der Waals surface area contributed by atoms with Gasteiger partial charge < -0.3 is 14.6 Å². The van der Waals surface area contributed by atoms with Crippen molar-refractivity contribution in [1.29, 1.82) is 0 Å². The highest BCUT2D eigenvalue weighted by Gasteiger charge is 2.34. The number of ether oxygens (including phenoxy) is 2. The number of aryl methyl sites for hydroxylation is 1. The molecule has 0 saturated carbocycles. The molecule has 166 valence electrons. The molecule has 1 aliphatic rings. The number of thioether (sulfide) groups is 1. The Bertz CT molecular complexity index is 1140. The monoisotopic (exact) mass is 515 g/mol. The van der Waals surface area contributed by atoms with Gasteiger partial charge in [-0.15, -0.1) is 0 Å². The normalized spacial score (nSPS) is 16.0. The second-order valence-corrected chi connectivity index (χ2v) is 8.70. The average molecular weight is 516 g/mol. The second-order valence-electron chi connectivity index (χ2n) is 6.76. The first-order valence-electron chi connectivity index (χ1n) is 9.96. The molecule has 0 aromatic heterocycles. The fraction of sp³-hybridized carbons (Fsp3) is 0.208. The van der Waals surface area contributed by atoms with Gasteiger partial charge >= 0.3 is 5.97 Å². The van der Waals surface area contributed by atoms with E-state index in [1.54, 1.807) is 25.1 Å². The topological polar surface area (TPSA) is 85.2 Å². The summed E-state index contributed by atoms with van der Waals surface area (Å²) in [6.45, 7) is 6.05. The van der Waals surface area contributed by atoms with Crippen LogP contribution in [-0.2, 0) is 9.53 Å². The zero-order valence-corrected chi connectivity index (χ0v) is 20.2. The summed E-state index contributed by atoms with van der Waals surface area (Å²) in [4.78, 5) is 29.7. The number of carbonyl (C=O) groups excluding carboxylic acids is 2. The Hall–Kier alpha value is -2.84. The molecular formula is C24H22BrNO5S. The molecule has 1 heterocycles. The minimum absolute atomic E-state index is 0.0886. The van der Waals surface area contributed by atoms with Crippen LogP contribution in [0.25, 0.3) is 6.08 Å². The van der Waals surface area contributed by atoms with E-state index in [9.17, 15) is 14.7 Å². The van der Waals surface area contributed by atoms with Crippen LogP contribution in [0.5, 0.6) is 5.75 Å². The van der Waals surface area contributed by atoms with Crippen LogP contribution in [0.15, 0.2) is 68.2 Å². The molecule has 3 rings (SSSR count). The summed E-state index contributed by atoms with van der Waals surface area (Å²) in [6, 6.07) is 12.4. The molecule has 2 aromatic carbocycles. The zero-order valence-electron chi connectivity index (χ0n) is 17.8. The standard InChI is InChI=1S/C24H22BrNO5S/c1-4-30-18-11-10-17(25)12-16(18)13-19-21(27)20(24(29)31-5-2)23(32-19)26-22(28)15-8-6-14(3)7-9-15/h6-13,27H,4-5H2,1-3H3/b19-13-,26-23?. The number of aliphatic imine (C=N–C) groups is 1. The summed E-state index contributed by atoms with van der Waals surface area (Å²) >= 11 is 4.46. The Morgan fingerprint density at radius 2 is 1.84 bits per heavy atom. The maximum absolute atomic E-state index is 12.7. The van der Waals surface area contributed by atoms with Gasteiger partial charge in [0.05, 0.1) is 18.1 Å². The summed E-state index contributed by atoms with van der Waals surface area (Å²) in [6.07, 6.45) is 1.69. The van der Waals surface area contributed by atoms with Gasteiger partial charge in [0.1, 0.15) is 22.1 Å². The third kappa shape index (κ3) is 5.49. The number of nitrogens with zero attached hydrogens (tertiary/aromatic N) is 1. The zero-order chi connectivity index (χ0) is 23.3. The number of carbonyl (C=O) groups is 2. The van der Waals surface area contributed by atoms with E-state index in [-0.39, 0.29) is 23.0 Å². The molecule has 0 radical (unpaired) electrons. The van der Waals surface area contributed by atoms with E-state index in [2.05, 4.69) is 20.9 Å². The van der Waals surface area contributed by atoms with E-state index in [0.29, 0.717) is 28.4 Å². The third-order valence-electron chi connectivity index (χ3n) is 4.43. The first kappa shape index (κ1) is 23.8. The van der Waals surface area contributed by atoms with Crippen LogP contribution in [0, 0.1) is 6.92 Å². The molecule has 0 bridgehead atoms. The summed E-state index contributed by atoms with van der Waals surface area (Å²) in [5, 5.41) is 10.9. The number of hydrogen-bond donors (Lipinski definition) is 1. The van der Waals surface area contributed by atoms with Crippen molar-refractivity contribution in [2.75, 3.05) is 13.2 Å². The van der Waals surface area contributed by atoms with Crippen LogP contribution in [0.4, 0.5) is 0 Å². The van der Waals surface area contributed by atoms with Crippen LogP contribution in [0.3, 0.4) is 0 Å².